The number of rotatable bonds is 11. The molecule has 0 aromatic heterocycles. The maximum absolute atomic E-state index is 10.7. The van der Waals surface area contributed by atoms with Crippen molar-refractivity contribution in [3.05, 3.63) is 0 Å². The predicted octanol–water partition coefficient (Wildman–Crippen LogP) is 2.54. The van der Waals surface area contributed by atoms with Crippen LogP contribution in [-0.4, -0.2) is 39.7 Å². The second kappa shape index (κ2) is 9.49. The van der Waals surface area contributed by atoms with Gasteiger partial charge in [0.1, 0.15) is 0 Å². The fourth-order valence-electron chi connectivity index (χ4n) is 1.75. The van der Waals surface area contributed by atoms with Gasteiger partial charge in [-0.15, -0.1) is 0 Å². The standard InChI is InChI=1S/C12H26O5Si/c1-5-15-18(16-6-2,17-7-3)10-8-9-11(4)12(13)14/h11H,5-10H2,1-4H3,(H,13,14). The average Bonchev–Trinajstić information content (AvgIpc) is 2.29. The van der Waals surface area contributed by atoms with Gasteiger partial charge in [-0.3, -0.25) is 4.79 Å². The van der Waals surface area contributed by atoms with Gasteiger partial charge in [-0.2, -0.15) is 0 Å². The van der Waals surface area contributed by atoms with Crippen LogP contribution >= 0.6 is 0 Å². The molecule has 0 rings (SSSR count). The molecule has 1 atom stereocenters. The molecule has 0 aliphatic heterocycles. The molecule has 1 unspecified atom stereocenters. The second-order valence-electron chi connectivity index (χ2n) is 4.11. The van der Waals surface area contributed by atoms with Crippen LogP contribution in [0.15, 0.2) is 0 Å². The van der Waals surface area contributed by atoms with E-state index in [1.54, 1.807) is 6.92 Å². The third kappa shape index (κ3) is 6.49. The van der Waals surface area contributed by atoms with Crippen LogP contribution in [0.5, 0.6) is 0 Å². The summed E-state index contributed by atoms with van der Waals surface area (Å²) in [5.41, 5.74) is 0. The SMILES string of the molecule is CCO[Si](CCCC(C)C(=O)O)(OCC)OCC. The minimum Gasteiger partial charge on any atom is -0.481 e. The summed E-state index contributed by atoms with van der Waals surface area (Å²) < 4.78 is 17.1. The van der Waals surface area contributed by atoms with Crippen molar-refractivity contribution >= 4 is 14.8 Å². The molecular weight excluding hydrogens is 252 g/mol. The van der Waals surface area contributed by atoms with E-state index in [0.717, 1.165) is 6.42 Å². The quantitative estimate of drug-likeness (QED) is 0.588. The number of carboxylic acids is 1. The second-order valence-corrected chi connectivity index (χ2v) is 6.85. The monoisotopic (exact) mass is 278 g/mol. The molecule has 0 aromatic carbocycles. The molecule has 0 aromatic rings. The van der Waals surface area contributed by atoms with Crippen LogP contribution < -0.4 is 0 Å². The lowest BCUT2D eigenvalue weighted by Gasteiger charge is -2.28. The Morgan fingerprint density at radius 2 is 1.56 bits per heavy atom. The van der Waals surface area contributed by atoms with Crippen molar-refractivity contribution in [3.8, 4) is 0 Å². The van der Waals surface area contributed by atoms with Crippen LogP contribution in [-0.2, 0) is 18.1 Å². The molecule has 0 radical (unpaired) electrons. The van der Waals surface area contributed by atoms with Gasteiger partial charge in [-0.25, -0.2) is 0 Å². The maximum atomic E-state index is 10.7. The smallest absolute Gasteiger partial charge is 0.481 e. The van der Waals surface area contributed by atoms with Gasteiger partial charge < -0.3 is 18.4 Å². The van der Waals surface area contributed by atoms with Crippen molar-refractivity contribution in [2.24, 2.45) is 5.92 Å². The van der Waals surface area contributed by atoms with E-state index in [1.807, 2.05) is 20.8 Å². The molecule has 0 bridgehead atoms. The number of hydrogen-bond donors (Lipinski definition) is 1. The molecule has 0 aliphatic carbocycles. The Bertz CT molecular complexity index is 217. The molecule has 6 heteroatoms. The van der Waals surface area contributed by atoms with Gasteiger partial charge in [0.25, 0.3) is 0 Å². The van der Waals surface area contributed by atoms with Crippen molar-refractivity contribution in [1.82, 2.24) is 0 Å². The first-order valence-corrected chi connectivity index (χ1v) is 8.59. The van der Waals surface area contributed by atoms with Gasteiger partial charge in [-0.1, -0.05) is 6.92 Å². The van der Waals surface area contributed by atoms with Crippen molar-refractivity contribution in [3.63, 3.8) is 0 Å². The third-order valence-electron chi connectivity index (χ3n) is 2.63. The van der Waals surface area contributed by atoms with E-state index in [-0.39, 0.29) is 5.92 Å². The topological polar surface area (TPSA) is 65.0 Å². The fraction of sp³-hybridized carbons (Fsp3) is 0.917. The van der Waals surface area contributed by atoms with Gasteiger partial charge in [0.15, 0.2) is 0 Å². The highest BCUT2D eigenvalue weighted by atomic mass is 28.4. The van der Waals surface area contributed by atoms with Gasteiger partial charge in [-0.05, 0) is 33.6 Å². The van der Waals surface area contributed by atoms with E-state index >= 15 is 0 Å². The van der Waals surface area contributed by atoms with Gasteiger partial charge in [0.05, 0.1) is 5.92 Å². The van der Waals surface area contributed by atoms with Crippen LogP contribution in [0, 0.1) is 5.92 Å². The molecule has 5 nitrogen and oxygen atoms in total. The van der Waals surface area contributed by atoms with E-state index in [9.17, 15) is 4.79 Å². The highest BCUT2D eigenvalue weighted by molar-refractivity contribution is 6.60. The fourth-order valence-corrected chi connectivity index (χ4v) is 4.39. The summed E-state index contributed by atoms with van der Waals surface area (Å²) in [7, 11) is -2.59. The molecule has 0 heterocycles. The molecule has 0 amide bonds. The number of carboxylic acid groups (broad SMARTS) is 1. The lowest BCUT2D eigenvalue weighted by molar-refractivity contribution is -0.141. The Morgan fingerprint density at radius 3 is 1.89 bits per heavy atom. The Morgan fingerprint density at radius 1 is 1.11 bits per heavy atom. The highest BCUT2D eigenvalue weighted by Crippen LogP contribution is 2.21. The Balaban J connectivity index is 4.33. The molecule has 0 aliphatic rings. The molecule has 18 heavy (non-hydrogen) atoms. The van der Waals surface area contributed by atoms with E-state index < -0.39 is 14.8 Å². The molecule has 0 spiro atoms. The molecule has 1 N–H and O–H groups in total. The minimum absolute atomic E-state index is 0.332. The molecule has 0 saturated heterocycles. The van der Waals surface area contributed by atoms with Crippen LogP contribution in [0.25, 0.3) is 0 Å². The number of carbonyl (C=O) groups is 1. The molecule has 108 valence electrons. The molecule has 0 saturated carbocycles. The van der Waals surface area contributed by atoms with E-state index in [2.05, 4.69) is 0 Å². The average molecular weight is 278 g/mol. The van der Waals surface area contributed by atoms with E-state index in [0.29, 0.717) is 32.3 Å². The first kappa shape index (κ1) is 17.6. The van der Waals surface area contributed by atoms with Crippen molar-refractivity contribution in [1.29, 1.82) is 0 Å². The third-order valence-corrected chi connectivity index (χ3v) is 5.79. The zero-order valence-corrected chi connectivity index (χ0v) is 12.9. The summed E-state index contributed by atoms with van der Waals surface area (Å²) in [5, 5.41) is 8.84. The predicted molar refractivity (Wildman–Crippen MR) is 71.5 cm³/mol. The van der Waals surface area contributed by atoms with E-state index in [4.69, 9.17) is 18.4 Å². The summed E-state index contributed by atoms with van der Waals surface area (Å²) >= 11 is 0. The summed E-state index contributed by atoms with van der Waals surface area (Å²) in [6, 6.07) is 0.681. The Hall–Kier alpha value is -0.433. The first-order valence-electron chi connectivity index (χ1n) is 6.66. The first-order chi connectivity index (χ1) is 8.51. The number of aliphatic carboxylic acids is 1. The summed E-state index contributed by atoms with van der Waals surface area (Å²) in [6.07, 6.45) is 1.37. The van der Waals surface area contributed by atoms with Crippen LogP contribution in [0.2, 0.25) is 6.04 Å². The zero-order valence-electron chi connectivity index (χ0n) is 11.9. The lowest BCUT2D eigenvalue weighted by Crippen LogP contribution is -2.46. The van der Waals surface area contributed by atoms with Crippen LogP contribution in [0.1, 0.15) is 40.5 Å². The minimum atomic E-state index is -2.59. The largest absolute Gasteiger partial charge is 0.500 e. The maximum Gasteiger partial charge on any atom is 0.500 e. The lowest BCUT2D eigenvalue weighted by atomic mass is 10.1. The summed E-state index contributed by atoms with van der Waals surface area (Å²) in [6.45, 7) is 9.13. The van der Waals surface area contributed by atoms with Crippen molar-refractivity contribution < 1.29 is 23.2 Å². The summed E-state index contributed by atoms with van der Waals surface area (Å²) in [5.74, 6) is -1.09. The zero-order chi connectivity index (χ0) is 14.0. The van der Waals surface area contributed by atoms with Crippen LogP contribution in [0.3, 0.4) is 0 Å². The molecular formula is C12H26O5Si. The van der Waals surface area contributed by atoms with Gasteiger partial charge in [0, 0.05) is 25.9 Å². The van der Waals surface area contributed by atoms with Gasteiger partial charge in [0.2, 0.25) is 0 Å². The van der Waals surface area contributed by atoms with Gasteiger partial charge >= 0.3 is 14.8 Å². The highest BCUT2D eigenvalue weighted by Gasteiger charge is 2.39. The number of hydrogen-bond acceptors (Lipinski definition) is 4. The molecule has 0 fully saturated rings. The summed E-state index contributed by atoms with van der Waals surface area (Å²) in [4.78, 5) is 10.7. The van der Waals surface area contributed by atoms with E-state index in [1.165, 1.54) is 0 Å². The van der Waals surface area contributed by atoms with Crippen molar-refractivity contribution in [2.75, 3.05) is 19.8 Å². The van der Waals surface area contributed by atoms with Crippen LogP contribution in [0.4, 0.5) is 0 Å². The normalized spacial score (nSPS) is 13.6. The Labute approximate surface area is 111 Å². The Kier molecular flexibility index (Phi) is 9.26. The van der Waals surface area contributed by atoms with Crippen molar-refractivity contribution in [2.45, 2.75) is 46.6 Å².